The smallest absolute Gasteiger partial charge is 0.0328 e. The minimum Gasteiger partial charge on any atom is -0.0654 e. The first-order valence-corrected chi connectivity index (χ1v) is 68.4. The van der Waals surface area contributed by atoms with E-state index in [9.17, 15) is 0 Å². The third-order valence-corrected chi connectivity index (χ3v) is 45.7. The topological polar surface area (TPSA) is 0 Å². The molecule has 0 heterocycles. The number of hydrogen-bond acceptors (Lipinski definition) is 0. The Labute approximate surface area is 937 Å². The summed E-state index contributed by atoms with van der Waals surface area (Å²) >= 11 is 0. The van der Waals surface area contributed by atoms with Crippen LogP contribution in [-0.4, -0.2) is 0 Å². The van der Waals surface area contributed by atoms with Crippen LogP contribution in [0.1, 0.15) is 717 Å². The minimum atomic E-state index is 0.500. The Balaban J connectivity index is 0.000000772. The maximum absolute atomic E-state index is 2.39. The normalized spacial score (nSPS) is 34.2. The second kappa shape index (κ2) is 75.2. The van der Waals surface area contributed by atoms with Crippen molar-refractivity contribution in [3.8, 4) is 0 Å². The van der Waals surface area contributed by atoms with Gasteiger partial charge in [0.05, 0.1) is 0 Å². The van der Waals surface area contributed by atoms with Crippen molar-refractivity contribution in [3.63, 3.8) is 0 Å². The average molecular weight is 2060 g/mol. The first-order valence-electron chi connectivity index (χ1n) is 68.4. The van der Waals surface area contributed by atoms with E-state index < -0.39 is 0 Å². The van der Waals surface area contributed by atoms with Gasteiger partial charge in [-0.1, -0.05) is 550 Å². The second-order valence-corrected chi connectivity index (χ2v) is 64.3. The van der Waals surface area contributed by atoms with Crippen molar-refractivity contribution in [2.24, 2.45) is 227 Å². The van der Waals surface area contributed by atoms with Crippen LogP contribution in [0, 0.1) is 227 Å². The molecule has 0 heteroatoms. The van der Waals surface area contributed by atoms with Crippen LogP contribution >= 0.6 is 0 Å². The van der Waals surface area contributed by atoms with E-state index >= 15 is 0 Å². The fraction of sp³-hybridized carbons (Fsp3) is 1.00. The number of rotatable bonds is 11. The summed E-state index contributed by atoms with van der Waals surface area (Å²) in [6.45, 7) is 109. The van der Waals surface area contributed by atoms with E-state index in [4.69, 9.17) is 0 Å². The standard InChI is InChI=1S/C7H12.19C7H14.C7H16/c1-5-4-7(5)6-2-3-6;2*1-6-4-7(2,3)5-6;2*1-6-4-5-7(6,2)3;2*1-5-4-6(2)7(5)3;1-6-3-4-7(2)5-6;1-7(2)5-3-4-6-7;1-6-4-3-5-7(6)2;1-6(2)7-4-3-5-7;1-7-5-3-2-4-6-7;2*1-3-7-4-6(2)5-7;2*1-3-7(2)5-4-6-7;2*1-3-7-5-4-6(7)2;1-2-7-5-3-4-6-7;1-2-4-7-5-3-6-7;1-6(2)7(3,4)5/h5-7H,2-4H2,1H3;4*6H,4-5H2,1-3H3;2*5-7H,4H2,1-3H3;6-7H,3-5H2,1-2H3;3-6H2,1-2H3;2*6-7H,3-5H2,1-2H3;7H,2-6H2,1H3;2*6-7H,3-5H2,1-2H3;2*3-6H2,1-2H3;2*6-7H,3-5H2,1-2H3;2*7H,2-6H2,1H3;6H,1-5H3/t5-,7?;;;6-;;5-,6?,7?;;6-,7?;;6-,7?;;;;;;;6-,7?;;;;/m0..0.0.1.1......0..../s1. The molecule has 0 aliphatic heterocycles. The highest BCUT2D eigenvalue weighted by Crippen LogP contribution is 2.55. The molecule has 21 aliphatic carbocycles. The lowest BCUT2D eigenvalue weighted by Crippen LogP contribution is -2.31. The lowest BCUT2D eigenvalue weighted by molar-refractivity contribution is 0.0891. The fourth-order valence-electron chi connectivity index (χ4n) is 26.9. The molecule has 0 spiro atoms. The summed E-state index contributed by atoms with van der Waals surface area (Å²) in [5.74, 6) is 32.2. The van der Waals surface area contributed by atoms with Gasteiger partial charge in [0.15, 0.2) is 0 Å². The summed E-state index contributed by atoms with van der Waals surface area (Å²) in [5.41, 5.74) is 5.47. The van der Waals surface area contributed by atoms with Gasteiger partial charge in [0, 0.05) is 0 Å². The molecular weight excluding hydrogens is 1770 g/mol. The summed E-state index contributed by atoms with van der Waals surface area (Å²) in [7, 11) is 0. The Morgan fingerprint density at radius 2 is 0.571 bits per heavy atom. The molecule has 0 aromatic heterocycles. The van der Waals surface area contributed by atoms with Gasteiger partial charge in [-0.3, -0.25) is 0 Å². The predicted molar refractivity (Wildman–Crippen MR) is 676 cm³/mol. The fourth-order valence-corrected chi connectivity index (χ4v) is 26.9. The van der Waals surface area contributed by atoms with E-state index in [1.807, 2.05) is 0 Å². The van der Waals surface area contributed by atoms with Gasteiger partial charge in [0.1, 0.15) is 0 Å². The molecule has 21 aliphatic rings. The van der Waals surface area contributed by atoms with E-state index in [-0.39, 0.29) is 0 Å². The van der Waals surface area contributed by atoms with Crippen LogP contribution in [-0.2, 0) is 0 Å². The van der Waals surface area contributed by atoms with Crippen molar-refractivity contribution in [2.75, 3.05) is 0 Å². The molecule has 147 heavy (non-hydrogen) atoms. The van der Waals surface area contributed by atoms with Crippen LogP contribution < -0.4 is 0 Å². The van der Waals surface area contributed by atoms with Gasteiger partial charge in [-0.15, -0.1) is 0 Å². The van der Waals surface area contributed by atoms with Crippen LogP contribution in [0.5, 0.6) is 0 Å². The van der Waals surface area contributed by atoms with Crippen molar-refractivity contribution in [3.05, 3.63) is 0 Å². The van der Waals surface area contributed by atoms with Gasteiger partial charge in [-0.25, -0.2) is 0 Å². The van der Waals surface area contributed by atoms with E-state index in [1.54, 1.807) is 19.3 Å². The van der Waals surface area contributed by atoms with Crippen LogP contribution in [0.3, 0.4) is 0 Å². The average Bonchev–Trinajstić information content (AvgIpc) is 1.64. The maximum atomic E-state index is 2.39. The largest absolute Gasteiger partial charge is 0.0654 e. The molecule has 21 fully saturated rings. The summed E-state index contributed by atoms with van der Waals surface area (Å²) < 4.78 is 0. The van der Waals surface area contributed by atoms with Gasteiger partial charge in [0.2, 0.25) is 0 Å². The second-order valence-electron chi connectivity index (χ2n) is 64.3. The maximum Gasteiger partial charge on any atom is -0.0328 e. The van der Waals surface area contributed by atoms with Crippen molar-refractivity contribution < 1.29 is 0 Å². The van der Waals surface area contributed by atoms with Crippen molar-refractivity contribution in [1.82, 2.24) is 0 Å². The van der Waals surface area contributed by atoms with Crippen molar-refractivity contribution >= 4 is 0 Å². The highest BCUT2D eigenvalue weighted by Gasteiger charge is 2.45. The molecule has 0 aromatic carbocycles. The minimum absolute atomic E-state index is 0.500. The summed E-state index contributed by atoms with van der Waals surface area (Å²) in [6.07, 6.45) is 89.7. The third kappa shape index (κ3) is 65.5. The molecule has 21 rings (SSSR count). The lowest BCUT2D eigenvalue weighted by Gasteiger charge is -2.42. The molecule has 0 bridgehead atoms. The molecule has 882 valence electrons. The van der Waals surface area contributed by atoms with Crippen molar-refractivity contribution in [2.45, 2.75) is 717 Å². The Morgan fingerprint density at radius 3 is 0.639 bits per heavy atom. The molecule has 21 saturated carbocycles. The zero-order chi connectivity index (χ0) is 112. The molecule has 0 radical (unpaired) electrons. The van der Waals surface area contributed by atoms with Gasteiger partial charge in [-0.2, -0.15) is 0 Å². The molecule has 0 nitrogen and oxygen atoms in total. The zero-order valence-corrected chi connectivity index (χ0v) is 112. The van der Waals surface area contributed by atoms with Crippen LogP contribution in [0.2, 0.25) is 0 Å². The summed E-state index contributed by atoms with van der Waals surface area (Å²) in [6, 6.07) is 0. The summed E-state index contributed by atoms with van der Waals surface area (Å²) in [5, 5.41) is 0. The van der Waals surface area contributed by atoms with Crippen LogP contribution in [0.15, 0.2) is 0 Å². The zero-order valence-electron chi connectivity index (χ0n) is 112. The Hall–Kier alpha value is 0. The van der Waals surface area contributed by atoms with Crippen LogP contribution in [0.25, 0.3) is 0 Å². The van der Waals surface area contributed by atoms with E-state index in [0.29, 0.717) is 32.5 Å². The van der Waals surface area contributed by atoms with Gasteiger partial charge >= 0.3 is 0 Å². The molecule has 0 saturated heterocycles. The Morgan fingerprint density at radius 1 is 0.245 bits per heavy atom. The molecule has 17 atom stereocenters. The first kappa shape index (κ1) is 145. The SMILES string of the molecule is CC(C)C(C)(C)C.CC(C)C1CCC1.CC1(C)CCCC1.CC1CC(C)(C)C1.CC1CC(C)(C)C1.CC1CC(C)C1C.CC1CCC1(C)C.CC1CCCCC1.CC1CCC[C@H]1C.CC1CC[C@@H](C)C1.CC1C[C@H](C)C1C.CCC1(C)CCC1.CCC1(C)CCC1.CCC1CC(C)C1.CCC1CC(C)C1.CCC1CCC1C.CCC1CCCC1.CCC1CC[C@@H]1C.CCCC1CCC1.C[C@H]1CC1C1CC1.C[C@H]1CCC1(C)C. The number of hydrogen-bond donors (Lipinski definition) is 0. The highest BCUT2D eigenvalue weighted by molar-refractivity contribution is 4.95. The van der Waals surface area contributed by atoms with Gasteiger partial charge in [-0.05, 0) is 394 Å². The Kier molecular flexibility index (Phi) is 74.2. The quantitative estimate of drug-likeness (QED) is 0.193. The molecule has 0 aromatic rings. The van der Waals surface area contributed by atoms with E-state index in [2.05, 4.69) is 325 Å². The molecule has 11 unspecified atom stereocenters. The van der Waals surface area contributed by atoms with Gasteiger partial charge in [0.25, 0.3) is 0 Å². The van der Waals surface area contributed by atoms with Crippen molar-refractivity contribution in [1.29, 1.82) is 0 Å². The van der Waals surface area contributed by atoms with E-state index in [1.165, 1.54) is 384 Å². The Bertz CT molecular complexity index is 2740. The molecule has 0 amide bonds. The first-order chi connectivity index (χ1) is 68.4. The third-order valence-electron chi connectivity index (χ3n) is 45.7. The van der Waals surface area contributed by atoms with Crippen LogP contribution in [0.4, 0.5) is 0 Å². The lowest BCUT2D eigenvalue weighted by atomic mass is 9.64. The van der Waals surface area contributed by atoms with Gasteiger partial charge < -0.3 is 0 Å². The molecule has 0 N–H and O–H groups in total. The molecular formula is C147H294. The van der Waals surface area contributed by atoms with E-state index in [0.717, 1.165) is 182 Å². The highest BCUT2D eigenvalue weighted by atomic mass is 14.5. The predicted octanol–water partition coefficient (Wildman–Crippen LogP) is 51.7. The monoisotopic (exact) mass is 2060 g/mol. The summed E-state index contributed by atoms with van der Waals surface area (Å²) in [4.78, 5) is 0.